The predicted octanol–water partition coefficient (Wildman–Crippen LogP) is 6.94. The molecule has 5 aromatic carbocycles. The molecule has 0 aromatic heterocycles. The highest BCUT2D eigenvalue weighted by molar-refractivity contribution is 7.46. The largest absolute Gasteiger partial charge is 0.472 e. The van der Waals surface area contributed by atoms with Gasteiger partial charge in [0.05, 0.1) is 25.9 Å². The van der Waals surface area contributed by atoms with Crippen LogP contribution in [-0.4, -0.2) is 51.9 Å². The Bertz CT molecular complexity index is 1870. The molecule has 0 bridgehead atoms. The molecule has 1 amide bonds. The van der Waals surface area contributed by atoms with Gasteiger partial charge in [-0.25, -0.2) is 4.57 Å². The molecule has 282 valence electrons. The topological polar surface area (TPSA) is 133 Å². The standard InChI is InChI=1S/C43H46NO9P/c1-32(45)44-38-39(49-29-35-21-11-4-12-22-35)41(52-42(53-54(46,47)48)40(38)50-30-36-23-13-5-14-24-36)43(27-33-17-7-2-8-18-33,28-34-19-9-3-10-20-34)51-31-37-25-15-6-16-26-37/h2-26,38-42H,27-31H2,1H3,(H,44,45)(H2,46,47,48)/t38-,39-,40+,41-,42+/m0/s1. The number of hydrogen-bond acceptors (Lipinski definition) is 7. The molecule has 5 aromatic rings. The summed E-state index contributed by atoms with van der Waals surface area (Å²) in [5, 5.41) is 3.02. The SMILES string of the molecule is CC(=O)N[C@@H]1[C@@H](OCc2ccccc2)[C@@H](OP(=O)(O)O)O[C@H](C(Cc2ccccc2)(Cc2ccccc2)OCc2ccccc2)[C@H]1OCc1ccccc1. The van der Waals surface area contributed by atoms with Crippen LogP contribution in [0.25, 0.3) is 0 Å². The second-order valence-corrected chi connectivity index (χ2v) is 14.6. The van der Waals surface area contributed by atoms with Crippen LogP contribution in [0.3, 0.4) is 0 Å². The fraction of sp³-hybridized carbons (Fsp3) is 0.279. The number of hydrogen-bond donors (Lipinski definition) is 3. The van der Waals surface area contributed by atoms with E-state index in [0.717, 1.165) is 27.8 Å². The maximum absolute atomic E-state index is 13.1. The van der Waals surface area contributed by atoms with Gasteiger partial charge in [0.15, 0.2) is 6.29 Å². The summed E-state index contributed by atoms with van der Waals surface area (Å²) in [6.45, 7) is 1.71. The average Bonchev–Trinajstić information content (AvgIpc) is 3.17. The highest BCUT2D eigenvalue weighted by Crippen LogP contribution is 2.45. The van der Waals surface area contributed by atoms with Gasteiger partial charge in [0.25, 0.3) is 0 Å². The van der Waals surface area contributed by atoms with Gasteiger partial charge in [-0.3, -0.25) is 9.32 Å². The normalized spacial score (nSPS) is 20.3. The molecule has 1 fully saturated rings. The zero-order chi connectivity index (χ0) is 37.8. The summed E-state index contributed by atoms with van der Waals surface area (Å²) >= 11 is 0. The molecule has 1 heterocycles. The summed E-state index contributed by atoms with van der Waals surface area (Å²) in [7, 11) is -5.19. The molecule has 1 aliphatic rings. The smallest absolute Gasteiger partial charge is 0.368 e. The van der Waals surface area contributed by atoms with Gasteiger partial charge in [0.2, 0.25) is 5.91 Å². The number of amides is 1. The lowest BCUT2D eigenvalue weighted by atomic mass is 9.77. The number of phosphoric acid groups is 1. The zero-order valence-corrected chi connectivity index (χ0v) is 30.9. The molecule has 54 heavy (non-hydrogen) atoms. The van der Waals surface area contributed by atoms with E-state index in [1.165, 1.54) is 6.92 Å². The molecule has 10 nitrogen and oxygen atoms in total. The molecule has 0 unspecified atom stereocenters. The number of carbonyl (C=O) groups is 1. The van der Waals surface area contributed by atoms with Crippen molar-refractivity contribution in [3.8, 4) is 0 Å². The number of carbonyl (C=O) groups excluding carboxylic acids is 1. The number of rotatable bonds is 17. The summed E-state index contributed by atoms with van der Waals surface area (Å²) in [5.74, 6) is -0.404. The molecule has 0 aliphatic carbocycles. The van der Waals surface area contributed by atoms with Gasteiger partial charge < -0.3 is 34.1 Å². The van der Waals surface area contributed by atoms with Gasteiger partial charge in [-0.1, -0.05) is 152 Å². The Kier molecular flexibility index (Phi) is 13.6. The molecular weight excluding hydrogens is 705 g/mol. The highest BCUT2D eigenvalue weighted by atomic mass is 31.2. The van der Waals surface area contributed by atoms with Crippen LogP contribution in [-0.2, 0) is 65.5 Å². The Morgan fingerprint density at radius 1 is 0.630 bits per heavy atom. The Morgan fingerprint density at radius 2 is 1.02 bits per heavy atom. The van der Waals surface area contributed by atoms with E-state index in [1.807, 2.05) is 152 Å². The Balaban J connectivity index is 1.52. The van der Waals surface area contributed by atoms with Gasteiger partial charge in [-0.05, 0) is 27.8 Å². The molecule has 1 aliphatic heterocycles. The van der Waals surface area contributed by atoms with Crippen molar-refractivity contribution in [3.05, 3.63) is 179 Å². The zero-order valence-electron chi connectivity index (χ0n) is 30.1. The summed E-state index contributed by atoms with van der Waals surface area (Å²) in [4.78, 5) is 33.7. The Hall–Kier alpha value is -4.48. The van der Waals surface area contributed by atoms with Gasteiger partial charge in [0, 0.05) is 19.8 Å². The maximum atomic E-state index is 13.1. The van der Waals surface area contributed by atoms with Gasteiger partial charge in [-0.2, -0.15) is 0 Å². The summed E-state index contributed by atoms with van der Waals surface area (Å²) in [6.07, 6.45) is -4.34. The van der Waals surface area contributed by atoms with Crippen molar-refractivity contribution in [2.45, 2.75) is 75.8 Å². The third-order valence-electron chi connectivity index (χ3n) is 9.32. The first-order valence-corrected chi connectivity index (χ1v) is 19.4. The van der Waals surface area contributed by atoms with Crippen molar-refractivity contribution in [2.24, 2.45) is 0 Å². The highest BCUT2D eigenvalue weighted by Gasteiger charge is 2.57. The van der Waals surface area contributed by atoms with Crippen molar-refractivity contribution in [1.29, 1.82) is 0 Å². The minimum Gasteiger partial charge on any atom is -0.368 e. The van der Waals surface area contributed by atoms with Gasteiger partial charge in [-0.15, -0.1) is 0 Å². The van der Waals surface area contributed by atoms with Crippen molar-refractivity contribution in [3.63, 3.8) is 0 Å². The first kappa shape index (κ1) is 39.2. The van der Waals surface area contributed by atoms with Crippen molar-refractivity contribution < 1.29 is 42.6 Å². The van der Waals surface area contributed by atoms with E-state index in [1.54, 1.807) is 0 Å². The quantitative estimate of drug-likeness (QED) is 0.0865. The van der Waals surface area contributed by atoms with Crippen LogP contribution < -0.4 is 5.32 Å². The lowest BCUT2D eigenvalue weighted by Crippen LogP contribution is -2.71. The van der Waals surface area contributed by atoms with Crippen molar-refractivity contribution >= 4 is 13.7 Å². The van der Waals surface area contributed by atoms with Crippen molar-refractivity contribution in [2.75, 3.05) is 0 Å². The van der Waals surface area contributed by atoms with E-state index in [2.05, 4.69) is 5.32 Å². The van der Waals surface area contributed by atoms with E-state index in [0.29, 0.717) is 12.8 Å². The van der Waals surface area contributed by atoms with E-state index in [9.17, 15) is 19.1 Å². The molecule has 5 atom stereocenters. The summed E-state index contributed by atoms with van der Waals surface area (Å²) < 4.78 is 45.4. The first-order valence-electron chi connectivity index (χ1n) is 17.9. The van der Waals surface area contributed by atoms with Gasteiger partial charge in [0.1, 0.15) is 23.9 Å². The van der Waals surface area contributed by atoms with Crippen LogP contribution in [0.2, 0.25) is 0 Å². The minimum absolute atomic E-state index is 0.0335. The average molecular weight is 752 g/mol. The van der Waals surface area contributed by atoms with E-state index >= 15 is 0 Å². The number of phosphoric ester groups is 1. The fourth-order valence-corrected chi connectivity index (χ4v) is 7.37. The first-order chi connectivity index (χ1) is 26.2. The van der Waals surface area contributed by atoms with Gasteiger partial charge >= 0.3 is 7.82 Å². The Morgan fingerprint density at radius 3 is 1.43 bits per heavy atom. The van der Waals surface area contributed by atoms with E-state index < -0.39 is 50.0 Å². The molecule has 0 spiro atoms. The minimum atomic E-state index is -5.19. The van der Waals surface area contributed by atoms with Crippen LogP contribution in [0.1, 0.15) is 34.7 Å². The molecule has 0 saturated carbocycles. The molecule has 11 heteroatoms. The van der Waals surface area contributed by atoms with E-state index in [-0.39, 0.29) is 19.8 Å². The summed E-state index contributed by atoms with van der Waals surface area (Å²) in [6, 6.07) is 47.2. The third-order valence-corrected chi connectivity index (χ3v) is 9.80. The molecule has 1 saturated heterocycles. The van der Waals surface area contributed by atoms with Crippen LogP contribution in [0.4, 0.5) is 0 Å². The van der Waals surface area contributed by atoms with Crippen LogP contribution in [0, 0.1) is 0 Å². The van der Waals surface area contributed by atoms with Crippen LogP contribution in [0.15, 0.2) is 152 Å². The lowest BCUT2D eigenvalue weighted by Gasteiger charge is -2.52. The van der Waals surface area contributed by atoms with Crippen LogP contribution in [0.5, 0.6) is 0 Å². The van der Waals surface area contributed by atoms with Crippen LogP contribution >= 0.6 is 7.82 Å². The summed E-state index contributed by atoms with van der Waals surface area (Å²) in [5.41, 5.74) is 3.17. The lowest BCUT2D eigenvalue weighted by molar-refractivity contribution is -0.310. The maximum Gasteiger partial charge on any atom is 0.472 e. The number of benzene rings is 5. The second-order valence-electron chi connectivity index (χ2n) is 13.4. The molecule has 6 rings (SSSR count). The number of ether oxygens (including phenoxy) is 4. The molecular formula is C43H46NO9P. The Labute approximate surface area is 316 Å². The van der Waals surface area contributed by atoms with E-state index in [4.69, 9.17) is 23.5 Å². The third kappa shape index (κ3) is 11.0. The molecule has 0 radical (unpaired) electrons. The number of nitrogens with one attached hydrogen (secondary N) is 1. The monoisotopic (exact) mass is 751 g/mol. The van der Waals surface area contributed by atoms with Crippen molar-refractivity contribution in [1.82, 2.24) is 5.32 Å². The molecule has 3 N–H and O–H groups in total. The fourth-order valence-electron chi connectivity index (χ4n) is 6.93. The predicted molar refractivity (Wildman–Crippen MR) is 204 cm³/mol. The second kappa shape index (κ2) is 18.7.